The Morgan fingerprint density at radius 2 is 1.50 bits per heavy atom. The molecule has 0 aromatic heterocycles. The molecule has 0 amide bonds. The second-order valence-corrected chi connectivity index (χ2v) is 11.3. The summed E-state index contributed by atoms with van der Waals surface area (Å²) in [5, 5.41) is 0. The minimum absolute atomic E-state index is 0.785. The third kappa shape index (κ3) is 9.90. The number of hydrogen-bond acceptors (Lipinski definition) is 1. The minimum atomic E-state index is 0.785. The van der Waals surface area contributed by atoms with Crippen LogP contribution in [0.4, 0.5) is 0 Å². The van der Waals surface area contributed by atoms with Crippen LogP contribution in [0.3, 0.4) is 0 Å². The van der Waals surface area contributed by atoms with E-state index in [0.717, 1.165) is 35.5 Å². The third-order valence-electron chi connectivity index (χ3n) is 7.87. The fourth-order valence-corrected chi connectivity index (χ4v) is 5.62. The van der Waals surface area contributed by atoms with Crippen molar-refractivity contribution in [3.63, 3.8) is 0 Å². The lowest BCUT2D eigenvalue weighted by Gasteiger charge is -2.23. The van der Waals surface area contributed by atoms with Crippen molar-refractivity contribution in [3.8, 4) is 0 Å². The first kappa shape index (κ1) is 27.3. The molecular formula is C31H50S. The van der Waals surface area contributed by atoms with Crippen molar-refractivity contribution in [3.05, 3.63) is 46.6 Å². The van der Waals surface area contributed by atoms with Crippen LogP contribution < -0.4 is 0 Å². The second kappa shape index (κ2) is 15.0. The second-order valence-electron chi connectivity index (χ2n) is 10.7. The van der Waals surface area contributed by atoms with E-state index in [0.29, 0.717) is 0 Å². The van der Waals surface area contributed by atoms with Crippen LogP contribution in [0.2, 0.25) is 0 Å². The first-order valence-electron chi connectivity index (χ1n) is 13.7. The van der Waals surface area contributed by atoms with Crippen molar-refractivity contribution in [2.24, 2.45) is 17.8 Å². The van der Waals surface area contributed by atoms with Crippen LogP contribution in [0.25, 0.3) is 0 Å². The summed E-state index contributed by atoms with van der Waals surface area (Å²) < 4.78 is 0. The molecule has 2 saturated carbocycles. The fraction of sp³-hybridized carbons (Fsp3) is 0.710. The first-order valence-corrected chi connectivity index (χ1v) is 14.1. The smallest absolute Gasteiger partial charge is 0.0153 e. The Hall–Kier alpha value is -0.950. The van der Waals surface area contributed by atoms with Gasteiger partial charge in [-0.2, -0.15) is 0 Å². The van der Waals surface area contributed by atoms with Crippen LogP contribution in [-0.4, -0.2) is 4.86 Å². The van der Waals surface area contributed by atoms with Crippen molar-refractivity contribution >= 4 is 17.1 Å². The lowest BCUT2D eigenvalue weighted by atomic mass is 9.83. The van der Waals surface area contributed by atoms with Crippen LogP contribution in [0.1, 0.15) is 125 Å². The number of hydrogen-bond donors (Lipinski definition) is 0. The Labute approximate surface area is 205 Å². The van der Waals surface area contributed by atoms with E-state index in [-0.39, 0.29) is 0 Å². The molecular weight excluding hydrogens is 404 g/mol. The summed E-state index contributed by atoms with van der Waals surface area (Å²) in [6, 6.07) is 0. The van der Waals surface area contributed by atoms with Gasteiger partial charge < -0.3 is 0 Å². The molecule has 1 heteroatoms. The Morgan fingerprint density at radius 1 is 0.906 bits per heavy atom. The summed E-state index contributed by atoms with van der Waals surface area (Å²) in [6.45, 7) is 11.3. The highest BCUT2D eigenvalue weighted by molar-refractivity contribution is 7.80. The van der Waals surface area contributed by atoms with E-state index in [1.165, 1.54) is 88.2 Å². The van der Waals surface area contributed by atoms with E-state index in [2.05, 4.69) is 52.0 Å². The van der Waals surface area contributed by atoms with Gasteiger partial charge in [-0.25, -0.2) is 0 Å². The molecule has 0 bridgehead atoms. The number of allylic oxidation sites excluding steroid dienone is 8. The molecule has 2 fully saturated rings. The van der Waals surface area contributed by atoms with Gasteiger partial charge >= 0.3 is 0 Å². The third-order valence-corrected chi connectivity index (χ3v) is 8.13. The Balaban J connectivity index is 0.000000243. The standard InChI is InChI=1S/C19H26S.2C6H12/c1-4-17-9-8-16(13-18(17)5-2)12-15-6-10-19(11-7-15)14(3)20;2*1-6-4-2-3-5-6/h6,8,10,13,17H,4-5,7,9,11-12H2,1-3H3;2*6H,2-5H2,1H3. The van der Waals surface area contributed by atoms with Gasteiger partial charge in [0, 0.05) is 4.86 Å². The molecule has 0 N–H and O–H groups in total. The molecule has 0 radical (unpaired) electrons. The predicted octanol–water partition coefficient (Wildman–Crippen LogP) is 10.5. The van der Waals surface area contributed by atoms with E-state index in [1.54, 1.807) is 11.1 Å². The maximum Gasteiger partial charge on any atom is 0.0153 e. The number of rotatable bonds is 5. The summed E-state index contributed by atoms with van der Waals surface area (Å²) in [7, 11) is 0. The van der Waals surface area contributed by atoms with E-state index >= 15 is 0 Å². The van der Waals surface area contributed by atoms with Crippen LogP contribution in [0.5, 0.6) is 0 Å². The maximum atomic E-state index is 5.25. The van der Waals surface area contributed by atoms with Crippen molar-refractivity contribution in [2.75, 3.05) is 0 Å². The van der Waals surface area contributed by atoms with Crippen molar-refractivity contribution in [1.29, 1.82) is 0 Å². The molecule has 1 atom stereocenters. The molecule has 0 nitrogen and oxygen atoms in total. The van der Waals surface area contributed by atoms with Crippen LogP contribution in [0.15, 0.2) is 46.6 Å². The topological polar surface area (TPSA) is 0 Å². The molecule has 0 aromatic carbocycles. The summed E-state index contributed by atoms with van der Waals surface area (Å²) in [5.74, 6) is 2.88. The summed E-state index contributed by atoms with van der Waals surface area (Å²) >= 11 is 5.25. The molecule has 0 saturated heterocycles. The van der Waals surface area contributed by atoms with E-state index < -0.39 is 0 Å². The lowest BCUT2D eigenvalue weighted by Crippen LogP contribution is -2.07. The Kier molecular flexibility index (Phi) is 12.8. The van der Waals surface area contributed by atoms with Crippen molar-refractivity contribution < 1.29 is 0 Å². The van der Waals surface area contributed by atoms with Gasteiger partial charge in [-0.1, -0.05) is 127 Å². The largest absolute Gasteiger partial charge is 0.0849 e. The van der Waals surface area contributed by atoms with Gasteiger partial charge in [0.1, 0.15) is 0 Å². The van der Waals surface area contributed by atoms with Gasteiger partial charge in [-0.15, -0.1) is 0 Å². The highest BCUT2D eigenvalue weighted by Crippen LogP contribution is 2.33. The van der Waals surface area contributed by atoms with Gasteiger partial charge in [0.15, 0.2) is 0 Å². The molecule has 0 spiro atoms. The summed E-state index contributed by atoms with van der Waals surface area (Å²) in [5.41, 5.74) is 6.07. The van der Waals surface area contributed by atoms with Crippen molar-refractivity contribution in [2.45, 2.75) is 125 Å². The summed E-state index contributed by atoms with van der Waals surface area (Å²) in [4.78, 5) is 1.05. The monoisotopic (exact) mass is 454 g/mol. The van der Waals surface area contributed by atoms with Crippen LogP contribution in [-0.2, 0) is 0 Å². The van der Waals surface area contributed by atoms with Gasteiger partial charge in [0.05, 0.1) is 0 Å². The van der Waals surface area contributed by atoms with E-state index in [1.807, 2.05) is 6.92 Å². The maximum absolute atomic E-state index is 5.25. The molecule has 4 aliphatic carbocycles. The molecule has 4 rings (SSSR count). The Bertz CT molecular complexity index is 676. The zero-order chi connectivity index (χ0) is 23.3. The minimum Gasteiger partial charge on any atom is -0.0849 e. The Morgan fingerprint density at radius 3 is 1.88 bits per heavy atom. The number of thiocarbonyl (C=S) groups is 1. The molecule has 0 heterocycles. The molecule has 0 aliphatic heterocycles. The summed E-state index contributed by atoms with van der Waals surface area (Å²) in [6.07, 6.45) is 28.4. The first-order chi connectivity index (χ1) is 15.4. The highest BCUT2D eigenvalue weighted by atomic mass is 32.1. The quantitative estimate of drug-likeness (QED) is 0.372. The predicted molar refractivity (Wildman–Crippen MR) is 148 cm³/mol. The fourth-order valence-electron chi connectivity index (χ4n) is 5.45. The highest BCUT2D eigenvalue weighted by Gasteiger charge is 2.16. The molecule has 4 aliphatic rings. The molecule has 0 aromatic rings. The SMILES string of the molecule is CC1CCCC1.CC1CCCC1.CCC1=CC(CC2=CC=C(C(C)=S)CC2)=CCC1CC. The molecule has 180 valence electrons. The average molecular weight is 455 g/mol. The zero-order valence-corrected chi connectivity index (χ0v) is 22.7. The van der Waals surface area contributed by atoms with Crippen molar-refractivity contribution in [1.82, 2.24) is 0 Å². The average Bonchev–Trinajstić information content (AvgIpc) is 3.48. The van der Waals surface area contributed by atoms with Crippen LogP contribution in [0, 0.1) is 17.8 Å². The molecule has 32 heavy (non-hydrogen) atoms. The molecule has 1 unspecified atom stereocenters. The van der Waals surface area contributed by atoms with Gasteiger partial charge in [-0.05, 0) is 74.3 Å². The van der Waals surface area contributed by atoms with E-state index in [4.69, 9.17) is 12.2 Å². The van der Waals surface area contributed by atoms with E-state index in [9.17, 15) is 0 Å². The lowest BCUT2D eigenvalue weighted by molar-refractivity contribution is 0.572. The zero-order valence-electron chi connectivity index (χ0n) is 21.8. The van der Waals surface area contributed by atoms with Gasteiger partial charge in [-0.3, -0.25) is 0 Å². The normalized spacial score (nSPS) is 23.7. The van der Waals surface area contributed by atoms with Gasteiger partial charge in [0.2, 0.25) is 0 Å². The van der Waals surface area contributed by atoms with Crippen LogP contribution >= 0.6 is 12.2 Å². The van der Waals surface area contributed by atoms with Gasteiger partial charge in [0.25, 0.3) is 0 Å².